The smallest absolute Gasteiger partial charge is 0.0738 e. The molecule has 1 aliphatic rings. The summed E-state index contributed by atoms with van der Waals surface area (Å²) in [7, 11) is 1.93. The number of thioether (sulfide) groups is 1. The Morgan fingerprint density at radius 2 is 2.64 bits per heavy atom. The Morgan fingerprint density at radius 3 is 3.29 bits per heavy atom. The van der Waals surface area contributed by atoms with Crippen LogP contribution in [-0.2, 0) is 13.6 Å². The minimum absolute atomic E-state index is 0.670. The van der Waals surface area contributed by atoms with Gasteiger partial charge in [0.25, 0.3) is 0 Å². The van der Waals surface area contributed by atoms with Crippen molar-refractivity contribution in [2.45, 2.75) is 25.4 Å². The maximum atomic E-state index is 3.90. The van der Waals surface area contributed by atoms with Gasteiger partial charge in [-0.05, 0) is 18.6 Å². The molecule has 2 rings (SSSR count). The van der Waals surface area contributed by atoms with E-state index in [1.165, 1.54) is 24.3 Å². The van der Waals surface area contributed by atoms with E-state index in [2.05, 4.69) is 15.6 Å². The molecule has 5 heteroatoms. The first-order valence-corrected chi connectivity index (χ1v) is 6.16. The largest absolute Gasteiger partial charge is 0.308 e. The molecule has 1 atom stereocenters. The highest BCUT2D eigenvalue weighted by molar-refractivity contribution is 7.99. The summed E-state index contributed by atoms with van der Waals surface area (Å²) in [5.74, 6) is 2.57. The second kappa shape index (κ2) is 4.79. The molecule has 1 aromatic rings. The molecule has 4 nitrogen and oxygen atoms in total. The molecule has 2 heterocycles. The highest BCUT2D eigenvalue weighted by atomic mass is 32.2. The molecular formula is C9H16N4S. The molecule has 0 aliphatic carbocycles. The van der Waals surface area contributed by atoms with Gasteiger partial charge in [-0.1, -0.05) is 5.21 Å². The van der Waals surface area contributed by atoms with E-state index in [4.69, 9.17) is 0 Å². The predicted octanol–water partition coefficient (Wildman–Crippen LogP) is 0.800. The Balaban J connectivity index is 1.79. The van der Waals surface area contributed by atoms with Crippen LogP contribution in [0.25, 0.3) is 0 Å². The second-order valence-electron chi connectivity index (χ2n) is 3.64. The van der Waals surface area contributed by atoms with Crippen LogP contribution in [0.2, 0.25) is 0 Å². The minimum Gasteiger partial charge on any atom is -0.308 e. The third-order valence-electron chi connectivity index (χ3n) is 2.54. The summed E-state index contributed by atoms with van der Waals surface area (Å²) in [4.78, 5) is 0. The molecule has 1 fully saturated rings. The van der Waals surface area contributed by atoms with Gasteiger partial charge in [0.15, 0.2) is 0 Å². The van der Waals surface area contributed by atoms with Gasteiger partial charge in [-0.3, -0.25) is 4.68 Å². The average Bonchev–Trinajstić information content (AvgIpc) is 2.63. The van der Waals surface area contributed by atoms with E-state index < -0.39 is 0 Å². The zero-order chi connectivity index (χ0) is 9.80. The van der Waals surface area contributed by atoms with Crippen LogP contribution in [0.15, 0.2) is 6.20 Å². The molecule has 0 saturated carbocycles. The van der Waals surface area contributed by atoms with Crippen molar-refractivity contribution in [1.82, 2.24) is 20.3 Å². The van der Waals surface area contributed by atoms with Gasteiger partial charge in [0.2, 0.25) is 0 Å². The van der Waals surface area contributed by atoms with Crippen LogP contribution < -0.4 is 5.32 Å². The molecular weight excluding hydrogens is 196 g/mol. The Labute approximate surface area is 88.4 Å². The maximum absolute atomic E-state index is 3.90. The summed E-state index contributed by atoms with van der Waals surface area (Å²) >= 11 is 2.04. The van der Waals surface area contributed by atoms with Gasteiger partial charge in [0.1, 0.15) is 0 Å². The SMILES string of the molecule is Cn1nncc1CNC1CCCSC1. The van der Waals surface area contributed by atoms with Crippen LogP contribution in [0.5, 0.6) is 0 Å². The fourth-order valence-corrected chi connectivity index (χ4v) is 2.73. The van der Waals surface area contributed by atoms with E-state index >= 15 is 0 Å². The minimum atomic E-state index is 0.670. The van der Waals surface area contributed by atoms with Gasteiger partial charge in [0, 0.05) is 25.4 Å². The zero-order valence-corrected chi connectivity index (χ0v) is 9.26. The van der Waals surface area contributed by atoms with E-state index in [9.17, 15) is 0 Å². The van der Waals surface area contributed by atoms with Crippen molar-refractivity contribution < 1.29 is 0 Å². The van der Waals surface area contributed by atoms with Crippen LogP contribution in [-0.4, -0.2) is 32.5 Å². The lowest BCUT2D eigenvalue weighted by molar-refractivity contribution is 0.494. The van der Waals surface area contributed by atoms with Crippen LogP contribution in [0.3, 0.4) is 0 Å². The van der Waals surface area contributed by atoms with Crippen LogP contribution >= 0.6 is 11.8 Å². The Morgan fingerprint density at radius 1 is 1.71 bits per heavy atom. The topological polar surface area (TPSA) is 42.7 Å². The van der Waals surface area contributed by atoms with E-state index in [1.807, 2.05) is 29.7 Å². The molecule has 1 saturated heterocycles. The van der Waals surface area contributed by atoms with Gasteiger partial charge < -0.3 is 5.32 Å². The molecule has 1 unspecified atom stereocenters. The fourth-order valence-electron chi connectivity index (χ4n) is 1.62. The number of rotatable bonds is 3. The third-order valence-corrected chi connectivity index (χ3v) is 3.76. The van der Waals surface area contributed by atoms with Crippen molar-refractivity contribution in [3.05, 3.63) is 11.9 Å². The van der Waals surface area contributed by atoms with Gasteiger partial charge in [-0.15, -0.1) is 5.10 Å². The van der Waals surface area contributed by atoms with Gasteiger partial charge in [-0.25, -0.2) is 0 Å². The highest BCUT2D eigenvalue weighted by Gasteiger charge is 2.13. The number of hydrogen-bond donors (Lipinski definition) is 1. The number of nitrogens with zero attached hydrogens (tertiary/aromatic N) is 3. The number of aryl methyl sites for hydroxylation is 1. The lowest BCUT2D eigenvalue weighted by atomic mass is 10.2. The quantitative estimate of drug-likeness (QED) is 0.805. The summed E-state index contributed by atoms with van der Waals surface area (Å²) in [5.41, 5.74) is 1.15. The second-order valence-corrected chi connectivity index (χ2v) is 4.79. The van der Waals surface area contributed by atoms with Crippen LogP contribution in [0.1, 0.15) is 18.5 Å². The van der Waals surface area contributed by atoms with E-state index in [0.717, 1.165) is 12.2 Å². The molecule has 0 radical (unpaired) electrons. The fraction of sp³-hybridized carbons (Fsp3) is 0.778. The molecule has 14 heavy (non-hydrogen) atoms. The molecule has 1 aromatic heterocycles. The molecule has 1 N–H and O–H groups in total. The third kappa shape index (κ3) is 2.48. The van der Waals surface area contributed by atoms with E-state index in [-0.39, 0.29) is 0 Å². The lowest BCUT2D eigenvalue weighted by Crippen LogP contribution is -2.33. The zero-order valence-electron chi connectivity index (χ0n) is 8.44. The Bertz CT molecular complexity index is 280. The van der Waals surface area contributed by atoms with Crippen LogP contribution in [0, 0.1) is 0 Å². The number of hydrogen-bond acceptors (Lipinski definition) is 4. The molecule has 0 bridgehead atoms. The normalized spacial score (nSPS) is 22.5. The lowest BCUT2D eigenvalue weighted by Gasteiger charge is -2.22. The molecule has 0 amide bonds. The average molecular weight is 212 g/mol. The van der Waals surface area contributed by atoms with Gasteiger partial charge in [0.05, 0.1) is 11.9 Å². The first-order valence-electron chi connectivity index (χ1n) is 5.01. The number of aromatic nitrogens is 3. The molecule has 1 aliphatic heterocycles. The van der Waals surface area contributed by atoms with Crippen molar-refractivity contribution in [1.29, 1.82) is 0 Å². The first-order chi connectivity index (χ1) is 6.86. The van der Waals surface area contributed by atoms with Crippen LogP contribution in [0.4, 0.5) is 0 Å². The highest BCUT2D eigenvalue weighted by Crippen LogP contribution is 2.17. The molecule has 0 aromatic carbocycles. The summed E-state index contributed by atoms with van der Waals surface area (Å²) in [6.07, 6.45) is 4.47. The number of nitrogens with one attached hydrogen (secondary N) is 1. The van der Waals surface area contributed by atoms with Crippen molar-refractivity contribution in [2.24, 2.45) is 7.05 Å². The molecule has 0 spiro atoms. The van der Waals surface area contributed by atoms with Crippen molar-refractivity contribution in [2.75, 3.05) is 11.5 Å². The molecule has 78 valence electrons. The van der Waals surface area contributed by atoms with Crippen molar-refractivity contribution >= 4 is 11.8 Å². The van der Waals surface area contributed by atoms with E-state index in [0.29, 0.717) is 6.04 Å². The van der Waals surface area contributed by atoms with Gasteiger partial charge in [-0.2, -0.15) is 11.8 Å². The maximum Gasteiger partial charge on any atom is 0.0738 e. The monoisotopic (exact) mass is 212 g/mol. The summed E-state index contributed by atoms with van der Waals surface area (Å²) in [6.45, 7) is 0.884. The van der Waals surface area contributed by atoms with Gasteiger partial charge >= 0.3 is 0 Å². The Kier molecular flexibility index (Phi) is 3.42. The summed E-state index contributed by atoms with van der Waals surface area (Å²) < 4.78 is 1.82. The summed E-state index contributed by atoms with van der Waals surface area (Å²) in [5, 5.41) is 11.3. The predicted molar refractivity (Wildman–Crippen MR) is 58.2 cm³/mol. The van der Waals surface area contributed by atoms with Crippen molar-refractivity contribution in [3.63, 3.8) is 0 Å². The standard InChI is InChI=1S/C9H16N4S/c1-13-9(6-11-12-13)5-10-8-3-2-4-14-7-8/h6,8,10H,2-5,7H2,1H3. The van der Waals surface area contributed by atoms with E-state index in [1.54, 1.807) is 0 Å². The first kappa shape index (κ1) is 9.98. The Hall–Kier alpha value is -0.550. The van der Waals surface area contributed by atoms with Crippen molar-refractivity contribution in [3.8, 4) is 0 Å². The summed E-state index contributed by atoms with van der Waals surface area (Å²) in [6, 6.07) is 0.670.